The summed E-state index contributed by atoms with van der Waals surface area (Å²) in [5.41, 5.74) is 7.48. The zero-order chi connectivity index (χ0) is 14.5. The van der Waals surface area contributed by atoms with E-state index in [1.807, 2.05) is 31.2 Å². The third-order valence-electron chi connectivity index (χ3n) is 3.16. The van der Waals surface area contributed by atoms with Crippen LogP contribution in [0.3, 0.4) is 0 Å². The summed E-state index contributed by atoms with van der Waals surface area (Å²) in [4.78, 5) is 0. The third kappa shape index (κ3) is 3.71. The van der Waals surface area contributed by atoms with E-state index in [0.29, 0.717) is 16.3 Å². The summed E-state index contributed by atoms with van der Waals surface area (Å²) in [6, 6.07) is 12.1. The van der Waals surface area contributed by atoms with Crippen molar-refractivity contribution < 1.29 is 9.13 Å². The second-order valence-corrected chi connectivity index (χ2v) is 5.04. The van der Waals surface area contributed by atoms with E-state index in [-0.39, 0.29) is 18.5 Å². The molecule has 0 fully saturated rings. The molecule has 2 aromatic carbocycles. The molecule has 0 aliphatic heterocycles. The van der Waals surface area contributed by atoms with Gasteiger partial charge in [-0.15, -0.1) is 0 Å². The minimum atomic E-state index is -0.359. The van der Waals surface area contributed by atoms with Gasteiger partial charge < -0.3 is 10.5 Å². The van der Waals surface area contributed by atoms with Gasteiger partial charge in [-0.05, 0) is 36.2 Å². The van der Waals surface area contributed by atoms with Crippen LogP contribution in [0.15, 0.2) is 42.5 Å². The predicted molar refractivity (Wildman–Crippen MR) is 79.4 cm³/mol. The summed E-state index contributed by atoms with van der Waals surface area (Å²) in [7, 11) is 0. The van der Waals surface area contributed by atoms with E-state index in [0.717, 1.165) is 12.0 Å². The molecule has 0 saturated heterocycles. The van der Waals surface area contributed by atoms with Crippen LogP contribution < -0.4 is 10.5 Å². The number of nitrogens with two attached hydrogens (primary N) is 1. The smallest absolute Gasteiger partial charge is 0.131 e. The number of rotatable bonds is 5. The van der Waals surface area contributed by atoms with Crippen molar-refractivity contribution in [3.8, 4) is 5.75 Å². The van der Waals surface area contributed by atoms with Crippen LogP contribution in [0.25, 0.3) is 0 Å². The first kappa shape index (κ1) is 14.8. The summed E-state index contributed by atoms with van der Waals surface area (Å²) in [6.45, 7) is 2.21. The van der Waals surface area contributed by atoms with E-state index >= 15 is 0 Å². The maximum absolute atomic E-state index is 13.6. The summed E-state index contributed by atoms with van der Waals surface area (Å²) in [5.74, 6) is 0.327. The maximum atomic E-state index is 13.6. The van der Waals surface area contributed by atoms with Crippen molar-refractivity contribution >= 4 is 11.6 Å². The standard InChI is InChI=1S/C16H17ClFNO/c1-2-16(19)11-4-7-14(8-5-11)20-10-12-3-6-13(17)9-15(12)18/h3-9,16H,2,10,19H2,1H3/t16-/m0/s1. The minimum absolute atomic E-state index is 0.0396. The number of ether oxygens (including phenoxy) is 1. The number of benzene rings is 2. The van der Waals surface area contributed by atoms with Gasteiger partial charge >= 0.3 is 0 Å². The SMILES string of the molecule is CC[C@H](N)c1ccc(OCc2ccc(Cl)cc2F)cc1. The first-order valence-corrected chi connectivity index (χ1v) is 6.90. The highest BCUT2D eigenvalue weighted by atomic mass is 35.5. The molecule has 0 radical (unpaired) electrons. The van der Waals surface area contributed by atoms with Crippen molar-refractivity contribution in [3.63, 3.8) is 0 Å². The van der Waals surface area contributed by atoms with Crippen molar-refractivity contribution in [3.05, 3.63) is 64.4 Å². The molecule has 2 nitrogen and oxygen atoms in total. The van der Waals surface area contributed by atoms with Crippen LogP contribution in [-0.4, -0.2) is 0 Å². The van der Waals surface area contributed by atoms with E-state index in [2.05, 4.69) is 0 Å². The molecule has 2 N–H and O–H groups in total. The van der Waals surface area contributed by atoms with Gasteiger partial charge in [-0.25, -0.2) is 4.39 Å². The molecule has 20 heavy (non-hydrogen) atoms. The average molecular weight is 294 g/mol. The van der Waals surface area contributed by atoms with E-state index < -0.39 is 0 Å². The van der Waals surface area contributed by atoms with E-state index in [4.69, 9.17) is 22.1 Å². The fourth-order valence-electron chi connectivity index (χ4n) is 1.85. The lowest BCUT2D eigenvalue weighted by Crippen LogP contribution is -2.08. The van der Waals surface area contributed by atoms with Gasteiger partial charge in [-0.2, -0.15) is 0 Å². The molecule has 1 atom stereocenters. The van der Waals surface area contributed by atoms with Crippen molar-refractivity contribution in [2.75, 3.05) is 0 Å². The lowest BCUT2D eigenvalue weighted by Gasteiger charge is -2.11. The molecule has 0 saturated carbocycles. The Morgan fingerprint density at radius 1 is 1.20 bits per heavy atom. The van der Waals surface area contributed by atoms with Gasteiger partial charge in [0.25, 0.3) is 0 Å². The van der Waals surface area contributed by atoms with Crippen molar-refractivity contribution in [2.24, 2.45) is 5.73 Å². The Bertz CT molecular complexity index is 571. The third-order valence-corrected chi connectivity index (χ3v) is 3.39. The summed E-state index contributed by atoms with van der Waals surface area (Å²) in [5, 5.41) is 0.379. The van der Waals surface area contributed by atoms with E-state index in [1.165, 1.54) is 6.07 Å². The molecule has 2 aromatic rings. The van der Waals surface area contributed by atoms with Crippen LogP contribution in [0.5, 0.6) is 5.75 Å². The minimum Gasteiger partial charge on any atom is -0.489 e. The number of halogens is 2. The van der Waals surface area contributed by atoms with Gasteiger partial charge in [0.05, 0.1) is 0 Å². The maximum Gasteiger partial charge on any atom is 0.131 e. The Hall–Kier alpha value is -1.58. The van der Waals surface area contributed by atoms with Gasteiger partial charge in [-0.1, -0.05) is 36.7 Å². The van der Waals surface area contributed by atoms with Crippen molar-refractivity contribution in [2.45, 2.75) is 26.0 Å². The highest BCUT2D eigenvalue weighted by Crippen LogP contribution is 2.20. The molecule has 0 amide bonds. The normalized spacial score (nSPS) is 12.2. The molecule has 0 heterocycles. The molecule has 2 rings (SSSR count). The van der Waals surface area contributed by atoms with Crippen LogP contribution in [0.2, 0.25) is 5.02 Å². The molecule has 0 spiro atoms. The highest BCUT2D eigenvalue weighted by Gasteiger charge is 2.05. The second-order valence-electron chi connectivity index (χ2n) is 4.61. The average Bonchev–Trinajstić information content (AvgIpc) is 2.46. The monoisotopic (exact) mass is 293 g/mol. The zero-order valence-electron chi connectivity index (χ0n) is 11.3. The molecule has 0 aromatic heterocycles. The molecule has 0 aliphatic rings. The lowest BCUT2D eigenvalue weighted by molar-refractivity contribution is 0.299. The molecular weight excluding hydrogens is 277 g/mol. The number of hydrogen-bond acceptors (Lipinski definition) is 2. The first-order chi connectivity index (χ1) is 9.60. The first-order valence-electron chi connectivity index (χ1n) is 6.52. The van der Waals surface area contributed by atoms with Crippen molar-refractivity contribution in [1.29, 1.82) is 0 Å². The van der Waals surface area contributed by atoms with Gasteiger partial charge in [0.2, 0.25) is 0 Å². The quantitative estimate of drug-likeness (QED) is 0.883. The summed E-state index contributed by atoms with van der Waals surface area (Å²) >= 11 is 5.70. The molecule has 4 heteroatoms. The molecule has 0 aliphatic carbocycles. The summed E-state index contributed by atoms with van der Waals surface area (Å²) < 4.78 is 19.1. The Kier molecular flexibility index (Phi) is 4.99. The summed E-state index contributed by atoms with van der Waals surface area (Å²) in [6.07, 6.45) is 0.885. The Morgan fingerprint density at radius 3 is 2.50 bits per heavy atom. The molecule has 0 bridgehead atoms. The van der Waals surface area contributed by atoms with Gasteiger partial charge in [0.1, 0.15) is 18.2 Å². The van der Waals surface area contributed by atoms with E-state index in [9.17, 15) is 4.39 Å². The van der Waals surface area contributed by atoms with Gasteiger partial charge in [0, 0.05) is 16.6 Å². The molecule has 0 unspecified atom stereocenters. The topological polar surface area (TPSA) is 35.2 Å². The second kappa shape index (κ2) is 6.73. The Morgan fingerprint density at radius 2 is 1.90 bits per heavy atom. The van der Waals surface area contributed by atoms with Gasteiger partial charge in [0.15, 0.2) is 0 Å². The van der Waals surface area contributed by atoms with Crippen LogP contribution in [-0.2, 0) is 6.61 Å². The van der Waals surface area contributed by atoms with Crippen LogP contribution >= 0.6 is 11.6 Å². The fourth-order valence-corrected chi connectivity index (χ4v) is 2.01. The van der Waals surface area contributed by atoms with E-state index in [1.54, 1.807) is 12.1 Å². The van der Waals surface area contributed by atoms with Crippen LogP contribution in [0.4, 0.5) is 4.39 Å². The fraction of sp³-hybridized carbons (Fsp3) is 0.250. The van der Waals surface area contributed by atoms with Crippen LogP contribution in [0.1, 0.15) is 30.5 Å². The predicted octanol–water partition coefficient (Wildman–Crippen LogP) is 4.47. The lowest BCUT2D eigenvalue weighted by atomic mass is 10.1. The van der Waals surface area contributed by atoms with Gasteiger partial charge in [-0.3, -0.25) is 0 Å². The number of hydrogen-bond donors (Lipinski definition) is 1. The molecule has 106 valence electrons. The Balaban J connectivity index is 2.00. The highest BCUT2D eigenvalue weighted by molar-refractivity contribution is 6.30. The van der Waals surface area contributed by atoms with Crippen LogP contribution in [0, 0.1) is 5.82 Å². The molecular formula is C16H17ClFNO. The van der Waals surface area contributed by atoms with Crippen molar-refractivity contribution in [1.82, 2.24) is 0 Å². The zero-order valence-corrected chi connectivity index (χ0v) is 12.0. The Labute approximate surface area is 123 Å². The largest absolute Gasteiger partial charge is 0.489 e.